The molecule has 0 atom stereocenters. The van der Waals surface area contributed by atoms with Crippen LogP contribution in [0.4, 0.5) is 0 Å². The van der Waals surface area contributed by atoms with E-state index >= 15 is 0 Å². The number of rotatable bonds is 4. The van der Waals surface area contributed by atoms with Crippen molar-refractivity contribution in [3.8, 4) is 0 Å². The maximum absolute atomic E-state index is 13.0. The number of likely N-dealkylation sites (tertiary alicyclic amines) is 1. The summed E-state index contributed by atoms with van der Waals surface area (Å²) in [6.07, 6.45) is 9.46. The lowest BCUT2D eigenvalue weighted by Crippen LogP contribution is -2.47. The number of carboxylic acids is 1. The van der Waals surface area contributed by atoms with E-state index in [-0.39, 0.29) is 22.9 Å². The van der Waals surface area contributed by atoms with Gasteiger partial charge >= 0.3 is 5.97 Å². The largest absolute Gasteiger partial charge is 0.478 e. The van der Waals surface area contributed by atoms with Gasteiger partial charge in [-0.15, -0.1) is 0 Å². The summed E-state index contributed by atoms with van der Waals surface area (Å²) in [7, 11) is 0. The van der Waals surface area contributed by atoms with Gasteiger partial charge in [0.05, 0.1) is 17.8 Å². The second kappa shape index (κ2) is 6.57. The Hall–Kier alpha value is -1.85. The molecule has 0 bridgehead atoms. The number of nitrogens with zero attached hydrogens (tertiary/aromatic N) is 3. The van der Waals surface area contributed by atoms with Gasteiger partial charge in [-0.25, -0.2) is 4.79 Å². The third kappa shape index (κ3) is 3.19. The number of carbonyl (C=O) groups is 2. The molecule has 1 aliphatic carbocycles. The Morgan fingerprint density at radius 1 is 1.17 bits per heavy atom. The highest BCUT2D eigenvalue weighted by atomic mass is 16.4. The minimum absolute atomic E-state index is 0.178. The van der Waals surface area contributed by atoms with Crippen LogP contribution in [-0.2, 0) is 4.79 Å². The van der Waals surface area contributed by atoms with Gasteiger partial charge in [0, 0.05) is 24.7 Å². The molecule has 1 saturated carbocycles. The van der Waals surface area contributed by atoms with E-state index in [0.29, 0.717) is 5.92 Å². The summed E-state index contributed by atoms with van der Waals surface area (Å²) in [4.78, 5) is 25.9. The van der Waals surface area contributed by atoms with Crippen LogP contribution in [0, 0.1) is 11.3 Å². The van der Waals surface area contributed by atoms with Gasteiger partial charge in [-0.05, 0) is 31.6 Å². The van der Waals surface area contributed by atoms with Gasteiger partial charge in [-0.1, -0.05) is 26.7 Å². The highest BCUT2D eigenvalue weighted by molar-refractivity contribution is 5.86. The minimum atomic E-state index is -0.952. The van der Waals surface area contributed by atoms with E-state index in [1.165, 1.54) is 31.9 Å². The molecular weight excluding hydrogens is 306 g/mol. The maximum atomic E-state index is 13.0. The zero-order valence-corrected chi connectivity index (χ0v) is 14.6. The SMILES string of the molecule is CC(C)(C(=O)N1CCC(n2cc(C(=O)O)cn2)CC1)C1CCCC1. The zero-order chi connectivity index (χ0) is 17.3. The average Bonchev–Trinajstić information content (AvgIpc) is 3.26. The van der Waals surface area contributed by atoms with Crippen molar-refractivity contribution in [2.45, 2.75) is 58.4 Å². The molecular formula is C18H27N3O3. The quantitative estimate of drug-likeness (QED) is 0.919. The molecule has 2 aliphatic rings. The fraction of sp³-hybridized carbons (Fsp3) is 0.722. The van der Waals surface area contributed by atoms with Crippen LogP contribution < -0.4 is 0 Å². The molecule has 0 spiro atoms. The highest BCUT2D eigenvalue weighted by Crippen LogP contribution is 2.41. The Morgan fingerprint density at radius 3 is 2.33 bits per heavy atom. The number of hydrogen-bond acceptors (Lipinski definition) is 3. The Bertz CT molecular complexity index is 609. The lowest BCUT2D eigenvalue weighted by Gasteiger charge is -2.39. The second-order valence-electron chi connectivity index (χ2n) is 7.74. The number of amides is 1. The summed E-state index contributed by atoms with van der Waals surface area (Å²) in [5.74, 6) is -0.168. The van der Waals surface area contributed by atoms with E-state index in [0.717, 1.165) is 25.9 Å². The summed E-state index contributed by atoms with van der Waals surface area (Å²) in [6.45, 7) is 5.65. The summed E-state index contributed by atoms with van der Waals surface area (Å²) >= 11 is 0. The number of carbonyl (C=O) groups excluding carboxylic acids is 1. The molecule has 1 aromatic heterocycles. The fourth-order valence-electron chi connectivity index (χ4n) is 4.21. The normalized spacial score (nSPS) is 20.5. The topological polar surface area (TPSA) is 75.4 Å². The molecule has 0 unspecified atom stereocenters. The van der Waals surface area contributed by atoms with Gasteiger partial charge in [0.1, 0.15) is 0 Å². The van der Waals surface area contributed by atoms with Crippen molar-refractivity contribution in [3.05, 3.63) is 18.0 Å². The third-order valence-corrected chi connectivity index (χ3v) is 5.90. The lowest BCUT2D eigenvalue weighted by atomic mass is 9.76. The molecule has 3 rings (SSSR count). The van der Waals surface area contributed by atoms with Gasteiger partial charge < -0.3 is 10.0 Å². The smallest absolute Gasteiger partial charge is 0.338 e. The number of piperidine rings is 1. The number of hydrogen-bond donors (Lipinski definition) is 1. The van der Waals surface area contributed by atoms with Crippen molar-refractivity contribution >= 4 is 11.9 Å². The first-order valence-electron chi connectivity index (χ1n) is 8.96. The predicted molar refractivity (Wildman–Crippen MR) is 89.8 cm³/mol. The van der Waals surface area contributed by atoms with E-state index in [1.807, 2.05) is 4.90 Å². The maximum Gasteiger partial charge on any atom is 0.338 e. The molecule has 1 saturated heterocycles. The molecule has 6 heteroatoms. The first-order valence-corrected chi connectivity index (χ1v) is 8.96. The van der Waals surface area contributed by atoms with Gasteiger partial charge in [0.2, 0.25) is 5.91 Å². The molecule has 1 aliphatic heterocycles. The minimum Gasteiger partial charge on any atom is -0.478 e. The molecule has 1 amide bonds. The van der Waals surface area contributed by atoms with Gasteiger partial charge in [0.25, 0.3) is 0 Å². The van der Waals surface area contributed by atoms with E-state index in [9.17, 15) is 9.59 Å². The molecule has 0 aromatic carbocycles. The van der Waals surface area contributed by atoms with Gasteiger partial charge in [-0.3, -0.25) is 9.48 Å². The number of aromatic nitrogens is 2. The summed E-state index contributed by atoms with van der Waals surface area (Å²) in [5, 5.41) is 13.2. The second-order valence-corrected chi connectivity index (χ2v) is 7.74. The van der Waals surface area contributed by atoms with Crippen molar-refractivity contribution < 1.29 is 14.7 Å². The molecule has 1 N–H and O–H groups in total. The van der Waals surface area contributed by atoms with Crippen LogP contribution in [0.25, 0.3) is 0 Å². The Labute approximate surface area is 142 Å². The van der Waals surface area contributed by atoms with Crippen molar-refractivity contribution in [3.63, 3.8) is 0 Å². The zero-order valence-electron chi connectivity index (χ0n) is 14.6. The van der Waals surface area contributed by atoms with Crippen LogP contribution in [0.1, 0.15) is 68.8 Å². The molecule has 6 nitrogen and oxygen atoms in total. The summed E-state index contributed by atoms with van der Waals surface area (Å²) < 4.78 is 1.74. The van der Waals surface area contributed by atoms with Gasteiger partial charge in [0.15, 0.2) is 0 Å². The monoisotopic (exact) mass is 333 g/mol. The van der Waals surface area contributed by atoms with Crippen LogP contribution in [0.2, 0.25) is 0 Å². The van der Waals surface area contributed by atoms with E-state index < -0.39 is 5.97 Å². The van der Waals surface area contributed by atoms with Crippen LogP contribution in [0.3, 0.4) is 0 Å². The highest BCUT2D eigenvalue weighted by Gasteiger charge is 2.41. The molecule has 2 fully saturated rings. The molecule has 0 radical (unpaired) electrons. The van der Waals surface area contributed by atoms with Gasteiger partial charge in [-0.2, -0.15) is 5.10 Å². The van der Waals surface area contributed by atoms with Crippen molar-refractivity contribution in [2.75, 3.05) is 13.1 Å². The fourth-order valence-corrected chi connectivity index (χ4v) is 4.21. The van der Waals surface area contributed by atoms with Crippen LogP contribution >= 0.6 is 0 Å². The Balaban J connectivity index is 1.59. The van der Waals surface area contributed by atoms with Crippen LogP contribution in [0.5, 0.6) is 0 Å². The number of carboxylic acid groups (broad SMARTS) is 1. The Morgan fingerprint density at radius 2 is 1.79 bits per heavy atom. The van der Waals surface area contributed by atoms with E-state index in [4.69, 9.17) is 5.11 Å². The van der Waals surface area contributed by atoms with Crippen LogP contribution in [-0.4, -0.2) is 44.8 Å². The van der Waals surface area contributed by atoms with E-state index in [1.54, 1.807) is 10.9 Å². The Kier molecular flexibility index (Phi) is 4.65. The van der Waals surface area contributed by atoms with Crippen molar-refractivity contribution in [1.29, 1.82) is 0 Å². The molecule has 24 heavy (non-hydrogen) atoms. The molecule has 132 valence electrons. The van der Waals surface area contributed by atoms with Crippen molar-refractivity contribution in [1.82, 2.24) is 14.7 Å². The lowest BCUT2D eigenvalue weighted by molar-refractivity contribution is -0.144. The molecule has 1 aromatic rings. The molecule has 2 heterocycles. The third-order valence-electron chi connectivity index (χ3n) is 5.90. The summed E-state index contributed by atoms with van der Waals surface area (Å²) in [5.41, 5.74) is -0.0539. The predicted octanol–water partition coefficient (Wildman–Crippen LogP) is 2.96. The summed E-state index contributed by atoms with van der Waals surface area (Å²) in [6, 6.07) is 0.178. The first kappa shape index (κ1) is 17.0. The average molecular weight is 333 g/mol. The first-order chi connectivity index (χ1) is 11.4. The van der Waals surface area contributed by atoms with Crippen molar-refractivity contribution in [2.24, 2.45) is 11.3 Å². The number of aromatic carboxylic acids is 1. The van der Waals surface area contributed by atoms with E-state index in [2.05, 4.69) is 18.9 Å². The van der Waals surface area contributed by atoms with Crippen LogP contribution in [0.15, 0.2) is 12.4 Å². The standard InChI is InChI=1S/C18H27N3O3/c1-18(2,14-5-3-4-6-14)17(24)20-9-7-15(8-10-20)21-12-13(11-19-21)16(22)23/h11-12,14-15H,3-10H2,1-2H3,(H,22,23).